The number of ether oxygens (including phenoxy) is 1. The molecule has 4 N–H and O–H groups in total. The molecule has 0 spiro atoms. The zero-order valence-electron chi connectivity index (χ0n) is 18.4. The summed E-state index contributed by atoms with van der Waals surface area (Å²) in [7, 11) is 1.58. The van der Waals surface area contributed by atoms with Crippen LogP contribution < -0.4 is 20.7 Å². The van der Waals surface area contributed by atoms with Gasteiger partial charge in [-0.25, -0.2) is 4.79 Å². The first-order valence-corrected chi connectivity index (χ1v) is 10.7. The van der Waals surface area contributed by atoms with Crippen molar-refractivity contribution >= 4 is 40.6 Å². The first-order valence-electron chi connectivity index (χ1n) is 10.7. The van der Waals surface area contributed by atoms with E-state index in [9.17, 15) is 9.59 Å². The van der Waals surface area contributed by atoms with Gasteiger partial charge in [-0.05, 0) is 59.7 Å². The van der Waals surface area contributed by atoms with Crippen molar-refractivity contribution in [2.75, 3.05) is 23.1 Å². The molecule has 168 valence electrons. The highest BCUT2D eigenvalue weighted by Gasteiger charge is 2.24. The van der Waals surface area contributed by atoms with Gasteiger partial charge in [0.15, 0.2) is 0 Å². The van der Waals surface area contributed by atoms with Crippen LogP contribution in [0.25, 0.3) is 22.8 Å². The largest absolute Gasteiger partial charge is 0.497 e. The van der Waals surface area contributed by atoms with E-state index in [1.807, 2.05) is 72.9 Å². The van der Waals surface area contributed by atoms with E-state index in [1.54, 1.807) is 25.3 Å². The summed E-state index contributed by atoms with van der Waals surface area (Å²) in [4.78, 5) is 27.9. The van der Waals surface area contributed by atoms with Crippen molar-refractivity contribution in [3.63, 3.8) is 0 Å². The number of H-pyrrole nitrogens is 1. The summed E-state index contributed by atoms with van der Waals surface area (Å²) < 4.78 is 5.17. The smallest absolute Gasteiger partial charge is 0.323 e. The van der Waals surface area contributed by atoms with Crippen LogP contribution in [0.3, 0.4) is 0 Å². The topological polar surface area (TPSA) is 95.2 Å². The van der Waals surface area contributed by atoms with E-state index in [2.05, 4.69) is 20.9 Å². The third-order valence-electron chi connectivity index (χ3n) is 5.53. The Morgan fingerprint density at radius 1 is 0.882 bits per heavy atom. The molecular formula is C27H22N4O3. The predicted molar refractivity (Wildman–Crippen MR) is 135 cm³/mol. The summed E-state index contributed by atoms with van der Waals surface area (Å²) in [5.41, 5.74) is 6.39. The van der Waals surface area contributed by atoms with Gasteiger partial charge in [-0.2, -0.15) is 0 Å². The molecule has 7 heteroatoms. The van der Waals surface area contributed by atoms with Gasteiger partial charge in [-0.1, -0.05) is 30.3 Å². The molecule has 34 heavy (non-hydrogen) atoms. The van der Waals surface area contributed by atoms with Crippen LogP contribution >= 0.6 is 0 Å². The molecule has 1 aliphatic rings. The summed E-state index contributed by atoms with van der Waals surface area (Å²) in [5.74, 6) is 0.544. The van der Waals surface area contributed by atoms with Gasteiger partial charge in [-0.15, -0.1) is 0 Å². The summed E-state index contributed by atoms with van der Waals surface area (Å²) in [6, 6.07) is 24.0. The van der Waals surface area contributed by atoms with Crippen molar-refractivity contribution in [3.8, 4) is 16.9 Å². The molecule has 1 aromatic heterocycles. The van der Waals surface area contributed by atoms with Gasteiger partial charge >= 0.3 is 6.03 Å². The van der Waals surface area contributed by atoms with Crippen LogP contribution in [0, 0.1) is 0 Å². The third-order valence-corrected chi connectivity index (χ3v) is 5.53. The minimum atomic E-state index is -0.345. The van der Waals surface area contributed by atoms with Crippen LogP contribution in [-0.4, -0.2) is 24.0 Å². The van der Waals surface area contributed by atoms with Gasteiger partial charge < -0.3 is 25.7 Å². The highest BCUT2D eigenvalue weighted by molar-refractivity contribution is 6.35. The molecule has 0 fully saturated rings. The predicted octanol–water partition coefficient (Wildman–Crippen LogP) is 5.83. The Morgan fingerprint density at radius 2 is 1.68 bits per heavy atom. The Morgan fingerprint density at radius 3 is 2.44 bits per heavy atom. The second-order valence-corrected chi connectivity index (χ2v) is 7.79. The number of nitrogens with one attached hydrogen (secondary N) is 4. The number of urea groups is 1. The minimum absolute atomic E-state index is 0.122. The number of aromatic amines is 1. The molecule has 3 aromatic carbocycles. The van der Waals surface area contributed by atoms with E-state index in [-0.39, 0.29) is 11.9 Å². The molecule has 0 radical (unpaired) electrons. The lowest BCUT2D eigenvalue weighted by Gasteiger charge is -2.10. The highest BCUT2D eigenvalue weighted by atomic mass is 16.5. The number of anilines is 3. The SMILES string of the molecule is COc1cccc(NC(=O)Nc2ccc(-c3ccc4c(c3)NC(=O)/C4=C\c3ccc[nH]3)cc2)c1. The minimum Gasteiger partial charge on any atom is -0.497 e. The molecule has 7 nitrogen and oxygen atoms in total. The Balaban J connectivity index is 1.29. The number of benzene rings is 3. The second kappa shape index (κ2) is 8.99. The van der Waals surface area contributed by atoms with E-state index in [0.717, 1.165) is 28.1 Å². The molecule has 0 atom stereocenters. The van der Waals surface area contributed by atoms with Gasteiger partial charge in [-0.3, -0.25) is 4.79 Å². The van der Waals surface area contributed by atoms with Crippen molar-refractivity contribution in [1.29, 1.82) is 0 Å². The molecule has 0 saturated heterocycles. The van der Waals surface area contributed by atoms with Crippen molar-refractivity contribution in [2.45, 2.75) is 0 Å². The van der Waals surface area contributed by atoms with Crippen molar-refractivity contribution < 1.29 is 14.3 Å². The lowest BCUT2D eigenvalue weighted by Crippen LogP contribution is -2.19. The lowest BCUT2D eigenvalue weighted by atomic mass is 10.00. The molecule has 5 rings (SSSR count). The summed E-state index contributed by atoms with van der Waals surface area (Å²) in [6.07, 6.45) is 3.67. The fraction of sp³-hybridized carbons (Fsp3) is 0.0370. The average molecular weight is 450 g/mol. The Hall–Kier alpha value is -4.78. The van der Waals surface area contributed by atoms with E-state index < -0.39 is 0 Å². The maximum atomic E-state index is 12.5. The molecule has 1 aliphatic heterocycles. The Bertz CT molecular complexity index is 1390. The van der Waals surface area contributed by atoms with Crippen LogP contribution in [0.15, 0.2) is 85.1 Å². The number of hydrogen-bond acceptors (Lipinski definition) is 3. The van der Waals surface area contributed by atoms with Gasteiger partial charge in [0.1, 0.15) is 5.75 Å². The number of methoxy groups -OCH3 is 1. The third kappa shape index (κ3) is 4.40. The number of hydrogen-bond donors (Lipinski definition) is 4. The quantitative estimate of drug-likeness (QED) is 0.288. The van der Waals surface area contributed by atoms with Crippen LogP contribution in [0.4, 0.5) is 21.9 Å². The maximum absolute atomic E-state index is 12.5. The zero-order valence-corrected chi connectivity index (χ0v) is 18.4. The standard InChI is InChI=1S/C27H22N4O3/c1-34-22-6-2-4-21(15-22)30-27(33)29-19-10-7-17(8-11-19)18-9-12-23-24(16-20-5-3-13-28-20)26(32)31-25(23)14-18/h2-16,28H,1H3,(H,31,32)(H2,29,30,33)/b24-16-. The van der Waals surface area contributed by atoms with E-state index >= 15 is 0 Å². The summed E-state index contributed by atoms with van der Waals surface area (Å²) >= 11 is 0. The van der Waals surface area contributed by atoms with Crippen molar-refractivity contribution in [2.24, 2.45) is 0 Å². The number of carbonyl (C=O) groups is 2. The Kier molecular flexibility index (Phi) is 5.58. The number of carbonyl (C=O) groups excluding carboxylic acids is 2. The van der Waals surface area contributed by atoms with E-state index in [1.165, 1.54) is 0 Å². The first-order chi connectivity index (χ1) is 16.6. The molecule has 2 heterocycles. The van der Waals surface area contributed by atoms with Gasteiger partial charge in [0.2, 0.25) is 0 Å². The van der Waals surface area contributed by atoms with Gasteiger partial charge in [0.25, 0.3) is 5.91 Å². The molecule has 3 amide bonds. The maximum Gasteiger partial charge on any atom is 0.323 e. The average Bonchev–Trinajstić information content (AvgIpc) is 3.47. The fourth-order valence-corrected chi connectivity index (χ4v) is 3.85. The van der Waals surface area contributed by atoms with Crippen LogP contribution in [0.5, 0.6) is 5.75 Å². The van der Waals surface area contributed by atoms with Crippen LogP contribution in [0.2, 0.25) is 0 Å². The molecular weight excluding hydrogens is 428 g/mol. The monoisotopic (exact) mass is 450 g/mol. The van der Waals surface area contributed by atoms with Crippen molar-refractivity contribution in [1.82, 2.24) is 4.98 Å². The first kappa shape index (κ1) is 21.1. The summed E-state index contributed by atoms with van der Waals surface area (Å²) in [5, 5.41) is 8.55. The zero-order chi connectivity index (χ0) is 23.5. The number of amides is 3. The second-order valence-electron chi connectivity index (χ2n) is 7.79. The highest BCUT2D eigenvalue weighted by Crippen LogP contribution is 2.36. The number of rotatable bonds is 5. The molecule has 0 unspecified atom stereocenters. The Labute approximate surface area is 196 Å². The normalized spacial score (nSPS) is 13.3. The van der Waals surface area contributed by atoms with Crippen LogP contribution in [-0.2, 0) is 4.79 Å². The van der Waals surface area contributed by atoms with Gasteiger partial charge in [0.05, 0.1) is 12.7 Å². The van der Waals surface area contributed by atoms with Gasteiger partial charge in [0, 0.05) is 40.6 Å². The van der Waals surface area contributed by atoms with E-state index in [4.69, 9.17) is 4.74 Å². The van der Waals surface area contributed by atoms with Crippen LogP contribution in [0.1, 0.15) is 11.3 Å². The van der Waals surface area contributed by atoms with Crippen molar-refractivity contribution in [3.05, 3.63) is 96.3 Å². The fourth-order valence-electron chi connectivity index (χ4n) is 3.85. The number of fused-ring (bicyclic) bond motifs is 1. The number of aromatic nitrogens is 1. The molecule has 0 bridgehead atoms. The molecule has 0 saturated carbocycles. The molecule has 0 aliphatic carbocycles. The van der Waals surface area contributed by atoms with E-state index in [0.29, 0.717) is 22.7 Å². The lowest BCUT2D eigenvalue weighted by molar-refractivity contribution is -0.110. The molecule has 4 aromatic rings. The summed E-state index contributed by atoms with van der Waals surface area (Å²) in [6.45, 7) is 0.